The number of hydrogen-bond acceptors (Lipinski definition) is 3. The van der Waals surface area contributed by atoms with Crippen LogP contribution < -0.4 is 5.32 Å². The molecule has 1 aromatic heterocycles. The van der Waals surface area contributed by atoms with Crippen molar-refractivity contribution in [1.29, 1.82) is 0 Å². The van der Waals surface area contributed by atoms with Crippen LogP contribution in [0.3, 0.4) is 0 Å². The quantitative estimate of drug-likeness (QED) is 0.947. The van der Waals surface area contributed by atoms with Gasteiger partial charge in [0.25, 0.3) is 0 Å². The Morgan fingerprint density at radius 3 is 2.77 bits per heavy atom. The maximum atomic E-state index is 4.52. The van der Waals surface area contributed by atoms with Gasteiger partial charge in [-0.1, -0.05) is 49.6 Å². The van der Waals surface area contributed by atoms with Crippen molar-refractivity contribution >= 4 is 0 Å². The minimum Gasteiger partial charge on any atom is -0.315 e. The predicted molar refractivity (Wildman–Crippen MR) is 86.7 cm³/mol. The van der Waals surface area contributed by atoms with Crippen LogP contribution in [0.15, 0.2) is 36.7 Å². The van der Waals surface area contributed by atoms with Gasteiger partial charge in [0.2, 0.25) is 0 Å². The van der Waals surface area contributed by atoms with E-state index in [0.717, 1.165) is 19.6 Å². The summed E-state index contributed by atoms with van der Waals surface area (Å²) in [6.07, 6.45) is 8.70. The highest BCUT2D eigenvalue weighted by molar-refractivity contribution is 5.18. The summed E-state index contributed by atoms with van der Waals surface area (Å²) in [5.74, 6) is 1.69. The fourth-order valence-electron chi connectivity index (χ4n) is 4.39. The van der Waals surface area contributed by atoms with Gasteiger partial charge in [0, 0.05) is 19.0 Å². The summed E-state index contributed by atoms with van der Waals surface area (Å²) in [5, 5.41) is 12.4. The third-order valence-electron chi connectivity index (χ3n) is 5.57. The average Bonchev–Trinajstić information content (AvgIpc) is 3.16. The number of nitrogens with one attached hydrogen (secondary N) is 1. The van der Waals surface area contributed by atoms with Gasteiger partial charge in [0.1, 0.15) is 12.2 Å². The van der Waals surface area contributed by atoms with Crippen molar-refractivity contribution in [3.8, 4) is 0 Å². The van der Waals surface area contributed by atoms with Crippen LogP contribution in [0.2, 0.25) is 0 Å². The van der Waals surface area contributed by atoms with E-state index in [1.807, 2.05) is 6.33 Å². The van der Waals surface area contributed by atoms with Crippen molar-refractivity contribution in [2.24, 2.45) is 5.41 Å². The van der Waals surface area contributed by atoms with Crippen LogP contribution in [-0.2, 0) is 6.54 Å². The molecule has 1 atom stereocenters. The molecule has 0 amide bonds. The van der Waals surface area contributed by atoms with E-state index in [4.69, 9.17) is 0 Å². The van der Waals surface area contributed by atoms with Crippen molar-refractivity contribution in [2.75, 3.05) is 13.1 Å². The Morgan fingerprint density at radius 1 is 1.14 bits per heavy atom. The lowest BCUT2D eigenvalue weighted by Gasteiger charge is -2.37. The second kappa shape index (κ2) is 5.84. The molecule has 2 aliphatic rings. The maximum absolute atomic E-state index is 4.52. The molecule has 0 bridgehead atoms. The van der Waals surface area contributed by atoms with Gasteiger partial charge in [0.15, 0.2) is 0 Å². The van der Waals surface area contributed by atoms with Crippen molar-refractivity contribution in [2.45, 2.75) is 44.6 Å². The first-order valence-corrected chi connectivity index (χ1v) is 8.50. The molecular weight excluding hydrogens is 272 g/mol. The monoisotopic (exact) mass is 296 g/mol. The summed E-state index contributed by atoms with van der Waals surface area (Å²) in [4.78, 5) is 0. The molecule has 4 nitrogen and oxygen atoms in total. The molecule has 2 aromatic rings. The van der Waals surface area contributed by atoms with Crippen LogP contribution in [0, 0.1) is 5.41 Å². The molecule has 1 aliphatic carbocycles. The van der Waals surface area contributed by atoms with Crippen LogP contribution >= 0.6 is 0 Å². The fourth-order valence-corrected chi connectivity index (χ4v) is 4.39. The number of benzene rings is 1. The van der Waals surface area contributed by atoms with E-state index in [1.54, 1.807) is 0 Å². The Bertz CT molecular complexity index is 613. The van der Waals surface area contributed by atoms with Gasteiger partial charge in [-0.15, -0.1) is 10.2 Å². The molecule has 1 saturated heterocycles. The van der Waals surface area contributed by atoms with Crippen LogP contribution in [0.25, 0.3) is 0 Å². The second-order valence-corrected chi connectivity index (χ2v) is 6.91. The molecule has 1 aromatic carbocycles. The second-order valence-electron chi connectivity index (χ2n) is 6.91. The van der Waals surface area contributed by atoms with Gasteiger partial charge in [-0.2, -0.15) is 0 Å². The molecule has 22 heavy (non-hydrogen) atoms. The summed E-state index contributed by atoms with van der Waals surface area (Å²) in [7, 11) is 0. The van der Waals surface area contributed by atoms with Crippen molar-refractivity contribution in [1.82, 2.24) is 20.1 Å². The lowest BCUT2D eigenvalue weighted by molar-refractivity contribution is 0.182. The number of hydrogen-bond donors (Lipinski definition) is 1. The van der Waals surface area contributed by atoms with E-state index >= 15 is 0 Å². The molecule has 4 rings (SSSR count). The minimum atomic E-state index is 0.416. The topological polar surface area (TPSA) is 42.7 Å². The van der Waals surface area contributed by atoms with Gasteiger partial charge in [-0.3, -0.25) is 0 Å². The van der Waals surface area contributed by atoms with Gasteiger partial charge >= 0.3 is 0 Å². The fraction of sp³-hybridized carbons (Fsp3) is 0.556. The van der Waals surface area contributed by atoms with Gasteiger partial charge in [0.05, 0.1) is 6.54 Å². The molecule has 116 valence electrons. The number of rotatable bonds is 3. The highest BCUT2D eigenvalue weighted by Gasteiger charge is 2.46. The molecule has 1 spiro atoms. The third kappa shape index (κ3) is 2.45. The standard InChI is InChI=1S/C18H24N4/c1-3-7-15(8-4-1)12-22-14-20-21-17(22)16-11-19-13-18(16)9-5-2-6-10-18/h1,3-4,7-8,14,16,19H,2,5-6,9-13H2. The van der Waals surface area contributed by atoms with Crippen LogP contribution in [0.5, 0.6) is 0 Å². The van der Waals surface area contributed by atoms with Gasteiger partial charge < -0.3 is 9.88 Å². The van der Waals surface area contributed by atoms with Gasteiger partial charge in [-0.05, 0) is 23.8 Å². The molecule has 4 heteroatoms. The Morgan fingerprint density at radius 2 is 1.95 bits per heavy atom. The highest BCUT2D eigenvalue weighted by atomic mass is 15.3. The summed E-state index contributed by atoms with van der Waals surface area (Å²) >= 11 is 0. The average molecular weight is 296 g/mol. The van der Waals surface area contributed by atoms with E-state index in [9.17, 15) is 0 Å². The molecule has 2 heterocycles. The maximum Gasteiger partial charge on any atom is 0.138 e. The van der Waals surface area contributed by atoms with E-state index in [-0.39, 0.29) is 0 Å². The Balaban J connectivity index is 1.61. The molecule has 1 aliphatic heterocycles. The SMILES string of the molecule is c1ccc(Cn2cnnc2C2CNCC23CCCCC3)cc1. The number of aromatic nitrogens is 3. The largest absolute Gasteiger partial charge is 0.315 e. The van der Waals surface area contributed by atoms with Crippen LogP contribution in [0.4, 0.5) is 0 Å². The first-order valence-electron chi connectivity index (χ1n) is 8.50. The normalized spacial score (nSPS) is 23.9. The molecule has 2 fully saturated rings. The Labute approximate surface area is 132 Å². The first-order chi connectivity index (χ1) is 10.9. The van der Waals surface area contributed by atoms with Crippen LogP contribution in [0.1, 0.15) is 49.4 Å². The molecule has 1 unspecified atom stereocenters. The highest BCUT2D eigenvalue weighted by Crippen LogP contribution is 2.48. The Kier molecular flexibility index (Phi) is 3.70. The summed E-state index contributed by atoms with van der Waals surface area (Å²) in [6, 6.07) is 10.6. The van der Waals surface area contributed by atoms with E-state index < -0.39 is 0 Å². The van der Waals surface area contributed by atoms with Crippen molar-refractivity contribution < 1.29 is 0 Å². The van der Waals surface area contributed by atoms with Gasteiger partial charge in [-0.25, -0.2) is 0 Å². The molecule has 1 N–H and O–H groups in total. The smallest absolute Gasteiger partial charge is 0.138 e. The molecular formula is C18H24N4. The predicted octanol–water partition coefficient (Wildman–Crippen LogP) is 2.96. The molecule has 1 saturated carbocycles. The lowest BCUT2D eigenvalue weighted by Crippen LogP contribution is -2.32. The summed E-state index contributed by atoms with van der Waals surface area (Å²) < 4.78 is 2.25. The Hall–Kier alpha value is -1.68. The first kappa shape index (κ1) is 13.9. The molecule has 0 radical (unpaired) electrons. The van der Waals surface area contributed by atoms with Crippen molar-refractivity contribution in [3.05, 3.63) is 48.0 Å². The zero-order chi connectivity index (χ0) is 14.8. The zero-order valence-electron chi connectivity index (χ0n) is 13.0. The van der Waals surface area contributed by atoms with E-state index in [1.165, 1.54) is 43.5 Å². The van der Waals surface area contributed by atoms with Crippen molar-refractivity contribution in [3.63, 3.8) is 0 Å². The lowest BCUT2D eigenvalue weighted by atomic mass is 9.67. The zero-order valence-corrected chi connectivity index (χ0v) is 13.0. The van der Waals surface area contributed by atoms with E-state index in [2.05, 4.69) is 50.4 Å². The number of nitrogens with zero attached hydrogens (tertiary/aromatic N) is 3. The summed E-state index contributed by atoms with van der Waals surface area (Å²) in [5.41, 5.74) is 1.73. The van der Waals surface area contributed by atoms with Crippen LogP contribution in [-0.4, -0.2) is 27.9 Å². The minimum absolute atomic E-state index is 0.416. The van der Waals surface area contributed by atoms with E-state index in [0.29, 0.717) is 11.3 Å². The third-order valence-corrected chi connectivity index (χ3v) is 5.57. The summed E-state index contributed by atoms with van der Waals surface area (Å²) in [6.45, 7) is 3.07.